The number of hydrogen-bond donors (Lipinski definition) is 3. The third kappa shape index (κ3) is 6.04. The average Bonchev–Trinajstić information content (AvgIpc) is 2.77. The van der Waals surface area contributed by atoms with E-state index in [1.54, 1.807) is 19.5 Å². The lowest BCUT2D eigenvalue weighted by atomic mass is 9.94. The van der Waals surface area contributed by atoms with E-state index in [2.05, 4.69) is 20.9 Å². The van der Waals surface area contributed by atoms with E-state index in [1.165, 1.54) is 12.8 Å². The van der Waals surface area contributed by atoms with Crippen LogP contribution in [-0.4, -0.2) is 37.6 Å². The van der Waals surface area contributed by atoms with Gasteiger partial charge >= 0.3 is 0 Å². The zero-order valence-electron chi connectivity index (χ0n) is 16.5. The summed E-state index contributed by atoms with van der Waals surface area (Å²) in [5.74, 6) is 1.49. The second-order valence-electron chi connectivity index (χ2n) is 7.22. The van der Waals surface area contributed by atoms with Crippen LogP contribution in [0.25, 0.3) is 0 Å². The summed E-state index contributed by atoms with van der Waals surface area (Å²) in [6.07, 6.45) is 6.98. The first-order chi connectivity index (χ1) is 13.8. The Kier molecular flexibility index (Phi) is 7.82. The molecule has 2 heterocycles. The number of carbonyl (C=O) groups excluding carboxylic acids is 1. The van der Waals surface area contributed by atoms with Crippen LogP contribution in [0.2, 0.25) is 0 Å². The Morgan fingerprint density at radius 1 is 1.18 bits per heavy atom. The Bertz CT molecular complexity index is 715. The van der Waals surface area contributed by atoms with Gasteiger partial charge in [-0.3, -0.25) is 9.78 Å². The number of amides is 1. The van der Waals surface area contributed by atoms with Gasteiger partial charge in [0, 0.05) is 18.9 Å². The molecule has 1 saturated heterocycles. The van der Waals surface area contributed by atoms with Crippen molar-refractivity contribution < 1.29 is 9.53 Å². The van der Waals surface area contributed by atoms with Gasteiger partial charge in [0.1, 0.15) is 11.8 Å². The van der Waals surface area contributed by atoms with E-state index in [0.29, 0.717) is 6.54 Å². The minimum Gasteiger partial charge on any atom is -0.497 e. The standard InChI is InChI=1S/C22H30N4O2/c1-28-20-4-2-19(3-5-20)21(25-15-10-17-6-11-23-12-7-17)22(27)26-16-18-8-13-24-14-9-18/h2-5,8-9,13-14,17,21,23,25H,6-7,10-12,15-16H2,1H3,(H,26,27). The fourth-order valence-electron chi connectivity index (χ4n) is 3.55. The van der Waals surface area contributed by atoms with Crippen molar-refractivity contribution >= 4 is 5.91 Å². The van der Waals surface area contributed by atoms with Crippen LogP contribution in [0.4, 0.5) is 0 Å². The molecule has 1 atom stereocenters. The van der Waals surface area contributed by atoms with Crippen molar-refractivity contribution in [2.45, 2.75) is 31.8 Å². The monoisotopic (exact) mass is 382 g/mol. The quantitative estimate of drug-likeness (QED) is 0.621. The average molecular weight is 383 g/mol. The van der Waals surface area contributed by atoms with E-state index >= 15 is 0 Å². The summed E-state index contributed by atoms with van der Waals surface area (Å²) in [5.41, 5.74) is 1.98. The Labute approximate surface area is 167 Å². The molecule has 3 N–H and O–H groups in total. The predicted molar refractivity (Wildman–Crippen MR) is 110 cm³/mol. The highest BCUT2D eigenvalue weighted by Gasteiger charge is 2.21. The first-order valence-electron chi connectivity index (χ1n) is 10.0. The molecule has 6 heteroatoms. The number of benzene rings is 1. The molecule has 1 aliphatic heterocycles. The Morgan fingerprint density at radius 2 is 1.89 bits per heavy atom. The summed E-state index contributed by atoms with van der Waals surface area (Å²) in [7, 11) is 1.64. The van der Waals surface area contributed by atoms with Gasteiger partial charge in [-0.05, 0) is 80.2 Å². The highest BCUT2D eigenvalue weighted by Crippen LogP contribution is 2.20. The number of rotatable bonds is 9. The minimum absolute atomic E-state index is 0.0210. The largest absolute Gasteiger partial charge is 0.497 e. The van der Waals surface area contributed by atoms with Crippen LogP contribution in [0.5, 0.6) is 5.75 Å². The molecular weight excluding hydrogens is 352 g/mol. The van der Waals surface area contributed by atoms with Crippen LogP contribution in [0.1, 0.15) is 36.4 Å². The molecule has 0 bridgehead atoms. The minimum atomic E-state index is -0.380. The molecular formula is C22H30N4O2. The van der Waals surface area contributed by atoms with Crippen LogP contribution >= 0.6 is 0 Å². The summed E-state index contributed by atoms with van der Waals surface area (Å²) in [6, 6.07) is 11.1. The molecule has 2 aromatic rings. The number of nitrogens with one attached hydrogen (secondary N) is 3. The summed E-state index contributed by atoms with van der Waals surface area (Å²) < 4.78 is 5.24. The van der Waals surface area contributed by atoms with Crippen molar-refractivity contribution in [3.8, 4) is 5.75 Å². The van der Waals surface area contributed by atoms with Crippen molar-refractivity contribution in [3.05, 3.63) is 59.9 Å². The van der Waals surface area contributed by atoms with E-state index in [4.69, 9.17) is 4.74 Å². The molecule has 0 radical (unpaired) electrons. The first kappa shape index (κ1) is 20.3. The number of pyridine rings is 1. The summed E-state index contributed by atoms with van der Waals surface area (Å²) >= 11 is 0. The van der Waals surface area contributed by atoms with Crippen molar-refractivity contribution in [1.82, 2.24) is 20.9 Å². The van der Waals surface area contributed by atoms with Crippen LogP contribution in [0.3, 0.4) is 0 Å². The number of ether oxygens (including phenoxy) is 1. The normalized spacial score (nSPS) is 15.8. The van der Waals surface area contributed by atoms with Gasteiger partial charge in [-0.1, -0.05) is 12.1 Å². The Morgan fingerprint density at radius 3 is 2.57 bits per heavy atom. The van der Waals surface area contributed by atoms with E-state index in [-0.39, 0.29) is 11.9 Å². The molecule has 1 aromatic carbocycles. The van der Waals surface area contributed by atoms with E-state index < -0.39 is 0 Å². The van der Waals surface area contributed by atoms with Crippen molar-refractivity contribution in [1.29, 1.82) is 0 Å². The smallest absolute Gasteiger partial charge is 0.242 e. The predicted octanol–water partition coefficient (Wildman–Crippen LogP) is 2.43. The third-order valence-corrected chi connectivity index (χ3v) is 5.29. The molecule has 150 valence electrons. The molecule has 1 unspecified atom stereocenters. The molecule has 6 nitrogen and oxygen atoms in total. The Balaban J connectivity index is 1.61. The second-order valence-corrected chi connectivity index (χ2v) is 7.22. The van der Waals surface area contributed by atoms with Crippen LogP contribution in [0, 0.1) is 5.92 Å². The van der Waals surface area contributed by atoms with Crippen molar-refractivity contribution in [2.75, 3.05) is 26.7 Å². The third-order valence-electron chi connectivity index (χ3n) is 5.29. The van der Waals surface area contributed by atoms with Gasteiger partial charge < -0.3 is 20.7 Å². The van der Waals surface area contributed by atoms with Crippen LogP contribution in [-0.2, 0) is 11.3 Å². The van der Waals surface area contributed by atoms with Gasteiger partial charge in [-0.25, -0.2) is 0 Å². The molecule has 0 saturated carbocycles. The molecule has 28 heavy (non-hydrogen) atoms. The molecule has 1 fully saturated rings. The molecule has 1 amide bonds. The molecule has 3 rings (SSSR count). The molecule has 0 spiro atoms. The molecule has 1 aliphatic rings. The SMILES string of the molecule is COc1ccc(C(NCCC2CCNCC2)C(=O)NCc2ccncc2)cc1. The number of aromatic nitrogens is 1. The lowest BCUT2D eigenvalue weighted by Gasteiger charge is -2.24. The topological polar surface area (TPSA) is 75.3 Å². The van der Waals surface area contributed by atoms with Crippen LogP contribution < -0.4 is 20.7 Å². The molecule has 1 aromatic heterocycles. The van der Waals surface area contributed by atoms with Gasteiger partial charge in [0.2, 0.25) is 5.91 Å². The maximum atomic E-state index is 12.9. The number of piperidine rings is 1. The summed E-state index contributed by atoms with van der Waals surface area (Å²) in [5, 5.41) is 9.92. The number of methoxy groups -OCH3 is 1. The lowest BCUT2D eigenvalue weighted by molar-refractivity contribution is -0.123. The fraction of sp³-hybridized carbons (Fsp3) is 0.455. The van der Waals surface area contributed by atoms with E-state index in [0.717, 1.165) is 48.8 Å². The van der Waals surface area contributed by atoms with Crippen LogP contribution in [0.15, 0.2) is 48.8 Å². The van der Waals surface area contributed by atoms with E-state index in [9.17, 15) is 4.79 Å². The fourth-order valence-corrected chi connectivity index (χ4v) is 3.55. The maximum absolute atomic E-state index is 12.9. The second kappa shape index (κ2) is 10.8. The number of nitrogens with zero attached hydrogens (tertiary/aromatic N) is 1. The van der Waals surface area contributed by atoms with Gasteiger partial charge in [-0.15, -0.1) is 0 Å². The summed E-state index contributed by atoms with van der Waals surface area (Å²) in [6.45, 7) is 3.51. The highest BCUT2D eigenvalue weighted by atomic mass is 16.5. The van der Waals surface area contributed by atoms with Crippen molar-refractivity contribution in [3.63, 3.8) is 0 Å². The first-order valence-corrected chi connectivity index (χ1v) is 10.0. The van der Waals surface area contributed by atoms with Gasteiger partial charge in [0.05, 0.1) is 7.11 Å². The zero-order chi connectivity index (χ0) is 19.6. The zero-order valence-corrected chi connectivity index (χ0v) is 16.5. The van der Waals surface area contributed by atoms with Gasteiger partial charge in [-0.2, -0.15) is 0 Å². The Hall–Kier alpha value is -2.44. The summed E-state index contributed by atoms with van der Waals surface area (Å²) in [4.78, 5) is 16.9. The number of carbonyl (C=O) groups is 1. The van der Waals surface area contributed by atoms with Gasteiger partial charge in [0.15, 0.2) is 0 Å². The van der Waals surface area contributed by atoms with Gasteiger partial charge in [0.25, 0.3) is 0 Å². The maximum Gasteiger partial charge on any atom is 0.242 e. The van der Waals surface area contributed by atoms with Crippen molar-refractivity contribution in [2.24, 2.45) is 5.92 Å². The lowest BCUT2D eigenvalue weighted by Crippen LogP contribution is -2.38. The number of hydrogen-bond acceptors (Lipinski definition) is 5. The molecule has 0 aliphatic carbocycles. The van der Waals surface area contributed by atoms with E-state index in [1.807, 2.05) is 36.4 Å². The highest BCUT2D eigenvalue weighted by molar-refractivity contribution is 5.83.